The SMILES string of the molecule is CC(=O)c1ccn(-c2c(C)cccc2C)c1. The Labute approximate surface area is 95.5 Å². The zero-order chi connectivity index (χ0) is 11.7. The smallest absolute Gasteiger partial charge is 0.161 e. The van der Waals surface area contributed by atoms with Crippen LogP contribution in [0.25, 0.3) is 5.69 Å². The summed E-state index contributed by atoms with van der Waals surface area (Å²) in [6.07, 6.45) is 3.82. The van der Waals surface area contributed by atoms with Gasteiger partial charge in [-0.1, -0.05) is 18.2 Å². The maximum absolute atomic E-state index is 11.2. The standard InChI is InChI=1S/C14H15NO/c1-10-5-4-6-11(2)14(10)15-8-7-13(9-15)12(3)16/h4-9H,1-3H3. The van der Waals surface area contributed by atoms with E-state index in [0.29, 0.717) is 0 Å². The van der Waals surface area contributed by atoms with Crippen LogP contribution < -0.4 is 0 Å². The second kappa shape index (κ2) is 3.97. The van der Waals surface area contributed by atoms with Crippen molar-refractivity contribution in [2.45, 2.75) is 20.8 Å². The van der Waals surface area contributed by atoms with Gasteiger partial charge in [0.1, 0.15) is 0 Å². The van der Waals surface area contributed by atoms with Crippen molar-refractivity contribution in [3.8, 4) is 5.69 Å². The quantitative estimate of drug-likeness (QED) is 0.701. The molecule has 82 valence electrons. The number of aryl methyl sites for hydroxylation is 2. The molecule has 2 heteroatoms. The maximum atomic E-state index is 11.2. The Morgan fingerprint density at radius 1 is 1.12 bits per heavy atom. The number of aromatic nitrogens is 1. The summed E-state index contributed by atoms with van der Waals surface area (Å²) in [7, 11) is 0. The van der Waals surface area contributed by atoms with E-state index in [1.165, 1.54) is 11.1 Å². The molecule has 0 unspecified atom stereocenters. The minimum absolute atomic E-state index is 0.102. The highest BCUT2D eigenvalue weighted by Crippen LogP contribution is 2.19. The van der Waals surface area contributed by atoms with E-state index in [1.807, 2.05) is 29.1 Å². The van der Waals surface area contributed by atoms with E-state index < -0.39 is 0 Å². The molecule has 0 atom stereocenters. The molecule has 0 bridgehead atoms. The first-order chi connectivity index (χ1) is 7.59. The average Bonchev–Trinajstić information content (AvgIpc) is 2.66. The van der Waals surface area contributed by atoms with E-state index >= 15 is 0 Å². The van der Waals surface area contributed by atoms with Crippen LogP contribution in [-0.4, -0.2) is 10.4 Å². The van der Waals surface area contributed by atoms with Gasteiger partial charge in [-0.05, 0) is 38.0 Å². The Morgan fingerprint density at radius 2 is 1.75 bits per heavy atom. The Balaban J connectivity index is 2.54. The van der Waals surface area contributed by atoms with Crippen molar-refractivity contribution in [1.82, 2.24) is 4.57 Å². The van der Waals surface area contributed by atoms with Gasteiger partial charge in [0.25, 0.3) is 0 Å². The third-order valence-corrected chi connectivity index (χ3v) is 2.80. The first kappa shape index (κ1) is 10.7. The summed E-state index contributed by atoms with van der Waals surface area (Å²) in [4.78, 5) is 11.2. The topological polar surface area (TPSA) is 22.0 Å². The molecular formula is C14H15NO. The monoisotopic (exact) mass is 213 g/mol. The fourth-order valence-corrected chi connectivity index (χ4v) is 1.96. The van der Waals surface area contributed by atoms with Gasteiger partial charge < -0.3 is 4.57 Å². The number of nitrogens with zero attached hydrogens (tertiary/aromatic N) is 1. The molecule has 0 saturated carbocycles. The Bertz CT molecular complexity index is 517. The lowest BCUT2D eigenvalue weighted by Crippen LogP contribution is -1.97. The number of para-hydroxylation sites is 1. The van der Waals surface area contributed by atoms with E-state index in [4.69, 9.17) is 0 Å². The average molecular weight is 213 g/mol. The molecule has 1 aromatic carbocycles. The molecule has 2 aromatic rings. The van der Waals surface area contributed by atoms with Gasteiger partial charge in [-0.2, -0.15) is 0 Å². The Morgan fingerprint density at radius 3 is 2.25 bits per heavy atom. The van der Waals surface area contributed by atoms with Crippen LogP contribution in [0.15, 0.2) is 36.7 Å². The van der Waals surface area contributed by atoms with E-state index in [2.05, 4.69) is 26.0 Å². The molecule has 0 fully saturated rings. The zero-order valence-corrected chi connectivity index (χ0v) is 9.82. The van der Waals surface area contributed by atoms with Crippen molar-refractivity contribution in [2.24, 2.45) is 0 Å². The summed E-state index contributed by atoms with van der Waals surface area (Å²) >= 11 is 0. The van der Waals surface area contributed by atoms with Crippen LogP contribution >= 0.6 is 0 Å². The van der Waals surface area contributed by atoms with Gasteiger partial charge in [0.2, 0.25) is 0 Å². The molecule has 0 amide bonds. The van der Waals surface area contributed by atoms with Gasteiger partial charge in [-0.15, -0.1) is 0 Å². The summed E-state index contributed by atoms with van der Waals surface area (Å²) < 4.78 is 2.02. The fourth-order valence-electron chi connectivity index (χ4n) is 1.96. The third-order valence-electron chi connectivity index (χ3n) is 2.80. The lowest BCUT2D eigenvalue weighted by molar-refractivity contribution is 0.101. The van der Waals surface area contributed by atoms with Gasteiger partial charge in [0, 0.05) is 18.0 Å². The van der Waals surface area contributed by atoms with Crippen LogP contribution in [0.3, 0.4) is 0 Å². The fraction of sp³-hybridized carbons (Fsp3) is 0.214. The number of carbonyl (C=O) groups excluding carboxylic acids is 1. The summed E-state index contributed by atoms with van der Waals surface area (Å²) in [6.45, 7) is 5.75. The number of hydrogen-bond acceptors (Lipinski definition) is 1. The molecule has 0 aliphatic carbocycles. The zero-order valence-electron chi connectivity index (χ0n) is 9.82. The molecule has 0 aliphatic heterocycles. The van der Waals surface area contributed by atoms with Crippen LogP contribution in [0, 0.1) is 13.8 Å². The van der Waals surface area contributed by atoms with Gasteiger partial charge in [0.15, 0.2) is 5.78 Å². The van der Waals surface area contributed by atoms with E-state index in [-0.39, 0.29) is 5.78 Å². The summed E-state index contributed by atoms with van der Waals surface area (Å²) in [5.74, 6) is 0.102. The van der Waals surface area contributed by atoms with E-state index in [0.717, 1.165) is 11.3 Å². The van der Waals surface area contributed by atoms with Crippen molar-refractivity contribution in [3.63, 3.8) is 0 Å². The van der Waals surface area contributed by atoms with Crippen molar-refractivity contribution in [1.29, 1.82) is 0 Å². The highest BCUT2D eigenvalue weighted by molar-refractivity contribution is 5.94. The van der Waals surface area contributed by atoms with Gasteiger partial charge in [0.05, 0.1) is 5.69 Å². The van der Waals surface area contributed by atoms with Crippen molar-refractivity contribution >= 4 is 5.78 Å². The predicted molar refractivity (Wildman–Crippen MR) is 65.2 cm³/mol. The molecule has 1 aromatic heterocycles. The minimum Gasteiger partial charge on any atom is -0.323 e. The molecule has 1 heterocycles. The molecule has 0 aliphatic rings. The van der Waals surface area contributed by atoms with Crippen LogP contribution in [0.2, 0.25) is 0 Å². The first-order valence-electron chi connectivity index (χ1n) is 5.35. The van der Waals surface area contributed by atoms with Crippen molar-refractivity contribution in [3.05, 3.63) is 53.3 Å². The van der Waals surface area contributed by atoms with Gasteiger partial charge >= 0.3 is 0 Å². The predicted octanol–water partition coefficient (Wildman–Crippen LogP) is 3.30. The second-order valence-corrected chi connectivity index (χ2v) is 4.10. The lowest BCUT2D eigenvalue weighted by atomic mass is 10.1. The molecule has 2 rings (SSSR count). The largest absolute Gasteiger partial charge is 0.323 e. The highest BCUT2D eigenvalue weighted by atomic mass is 16.1. The van der Waals surface area contributed by atoms with Gasteiger partial charge in [-0.25, -0.2) is 0 Å². The van der Waals surface area contributed by atoms with Crippen molar-refractivity contribution < 1.29 is 4.79 Å². The summed E-state index contributed by atoms with van der Waals surface area (Å²) in [5.41, 5.74) is 4.34. The molecule has 0 saturated heterocycles. The molecule has 0 radical (unpaired) electrons. The molecular weight excluding hydrogens is 198 g/mol. The third kappa shape index (κ3) is 1.78. The lowest BCUT2D eigenvalue weighted by Gasteiger charge is -2.10. The molecule has 0 spiro atoms. The second-order valence-electron chi connectivity index (χ2n) is 4.10. The summed E-state index contributed by atoms with van der Waals surface area (Å²) in [6, 6.07) is 8.06. The number of Topliss-reactive ketones (excluding diaryl/α,β-unsaturated/α-hetero) is 1. The summed E-state index contributed by atoms with van der Waals surface area (Å²) in [5, 5.41) is 0. The van der Waals surface area contributed by atoms with Crippen LogP contribution in [0.5, 0.6) is 0 Å². The number of benzene rings is 1. The molecule has 2 nitrogen and oxygen atoms in total. The normalized spacial score (nSPS) is 10.4. The number of hydrogen-bond donors (Lipinski definition) is 0. The minimum atomic E-state index is 0.102. The molecule has 0 N–H and O–H groups in total. The van der Waals surface area contributed by atoms with Crippen molar-refractivity contribution in [2.75, 3.05) is 0 Å². The Kier molecular flexibility index (Phi) is 2.65. The van der Waals surface area contributed by atoms with Gasteiger partial charge in [-0.3, -0.25) is 4.79 Å². The Hall–Kier alpha value is -1.83. The first-order valence-corrected chi connectivity index (χ1v) is 5.35. The highest BCUT2D eigenvalue weighted by Gasteiger charge is 2.06. The molecule has 16 heavy (non-hydrogen) atoms. The van der Waals surface area contributed by atoms with Crippen LogP contribution in [0.1, 0.15) is 28.4 Å². The van der Waals surface area contributed by atoms with Crippen LogP contribution in [-0.2, 0) is 0 Å². The number of carbonyl (C=O) groups is 1. The van der Waals surface area contributed by atoms with E-state index in [1.54, 1.807) is 6.92 Å². The number of ketones is 1. The maximum Gasteiger partial charge on any atom is 0.161 e. The number of rotatable bonds is 2. The van der Waals surface area contributed by atoms with Crippen LogP contribution in [0.4, 0.5) is 0 Å². The van der Waals surface area contributed by atoms with E-state index in [9.17, 15) is 4.79 Å².